The van der Waals surface area contributed by atoms with Crippen LogP contribution in [0, 0.1) is 0 Å². The molecule has 1 saturated carbocycles. The number of hydrogen-bond donors (Lipinski definition) is 4. The van der Waals surface area contributed by atoms with E-state index < -0.39 is 33.0 Å². The Morgan fingerprint density at radius 1 is 1.11 bits per heavy atom. The zero-order valence-electron chi connectivity index (χ0n) is 20.2. The third-order valence-electron chi connectivity index (χ3n) is 6.35. The van der Waals surface area contributed by atoms with Gasteiger partial charge in [0.1, 0.15) is 6.26 Å². The summed E-state index contributed by atoms with van der Waals surface area (Å²) in [6.45, 7) is -0.141. The number of carbonyl (C=O) groups excluding carboxylic acids is 1. The van der Waals surface area contributed by atoms with Gasteiger partial charge in [-0.1, -0.05) is 36.4 Å². The number of anilines is 1. The summed E-state index contributed by atoms with van der Waals surface area (Å²) < 4.78 is 37.1. The van der Waals surface area contributed by atoms with Crippen molar-refractivity contribution in [2.75, 3.05) is 12.3 Å². The van der Waals surface area contributed by atoms with Gasteiger partial charge in [0.2, 0.25) is 9.84 Å². The van der Waals surface area contributed by atoms with Crippen LogP contribution in [0.15, 0.2) is 82.5 Å². The molecule has 0 bridgehead atoms. The minimum atomic E-state index is -3.88. The first kappa shape index (κ1) is 26.7. The lowest BCUT2D eigenvalue weighted by atomic mass is 10.0. The molecule has 37 heavy (non-hydrogen) atoms. The highest BCUT2D eigenvalue weighted by Gasteiger charge is 2.49. The molecule has 2 aromatic carbocycles. The van der Waals surface area contributed by atoms with Crippen molar-refractivity contribution in [1.82, 2.24) is 10.8 Å². The number of sulfone groups is 1. The average Bonchev–Trinajstić information content (AvgIpc) is 3.57. The molecule has 10 nitrogen and oxygen atoms in total. The lowest BCUT2D eigenvalue weighted by Gasteiger charge is -2.30. The van der Waals surface area contributed by atoms with Gasteiger partial charge in [-0.25, -0.2) is 13.2 Å². The largest absolute Gasteiger partial charge is 0.469 e. The van der Waals surface area contributed by atoms with Gasteiger partial charge in [0, 0.05) is 18.3 Å². The molecule has 4 rings (SSSR count). The number of furan rings is 1. The topological polar surface area (TPSA) is 153 Å². The number of ether oxygens (including phenoxy) is 1. The highest BCUT2D eigenvalue weighted by Crippen LogP contribution is 2.41. The third-order valence-corrected chi connectivity index (χ3v) is 8.69. The number of hydrogen-bond acceptors (Lipinski definition) is 9. The fraction of sp³-hybridized carbons (Fsp3) is 0.346. The van der Waals surface area contributed by atoms with Crippen LogP contribution in [-0.4, -0.2) is 43.2 Å². The van der Waals surface area contributed by atoms with Crippen molar-refractivity contribution in [3.8, 4) is 5.75 Å². The number of aliphatic hydroxyl groups excluding tert-OH is 1. The van der Waals surface area contributed by atoms with Gasteiger partial charge >= 0.3 is 6.09 Å². The maximum atomic E-state index is 13.5. The van der Waals surface area contributed by atoms with Crippen molar-refractivity contribution < 1.29 is 32.3 Å². The Morgan fingerprint density at radius 3 is 2.54 bits per heavy atom. The van der Waals surface area contributed by atoms with Crippen molar-refractivity contribution >= 4 is 21.6 Å². The SMILES string of the molecule is Nc1cccc(S(=O)(=O)C2(ONC[C@@H](O)[C@H](Cc3ccccc3)NC(=O)Oc3ccoc3)CCCC2)c1. The average molecular weight is 530 g/mol. The second-order valence-electron chi connectivity index (χ2n) is 9.00. The van der Waals surface area contributed by atoms with Crippen LogP contribution in [0.2, 0.25) is 0 Å². The van der Waals surface area contributed by atoms with Gasteiger partial charge < -0.3 is 25.3 Å². The number of benzene rings is 2. The quantitative estimate of drug-likeness (QED) is 0.217. The van der Waals surface area contributed by atoms with Crippen LogP contribution >= 0.6 is 0 Å². The number of aliphatic hydroxyl groups is 1. The van der Waals surface area contributed by atoms with Gasteiger partial charge in [-0.05, 0) is 55.9 Å². The van der Waals surface area contributed by atoms with Gasteiger partial charge in [-0.3, -0.25) is 4.84 Å². The summed E-state index contributed by atoms with van der Waals surface area (Å²) in [7, 11) is -3.88. The Hall–Kier alpha value is -3.38. The molecule has 0 radical (unpaired) electrons. The summed E-state index contributed by atoms with van der Waals surface area (Å²) in [5, 5.41) is 13.6. The molecule has 0 aliphatic heterocycles. The van der Waals surface area contributed by atoms with Crippen molar-refractivity contribution in [3.05, 3.63) is 78.8 Å². The molecule has 198 valence electrons. The van der Waals surface area contributed by atoms with E-state index in [0.717, 1.165) is 5.56 Å². The van der Waals surface area contributed by atoms with E-state index in [1.807, 2.05) is 30.3 Å². The summed E-state index contributed by atoms with van der Waals surface area (Å²) in [6.07, 6.45) is 3.02. The second kappa shape index (κ2) is 11.8. The molecule has 1 fully saturated rings. The molecule has 3 aromatic rings. The van der Waals surface area contributed by atoms with Gasteiger partial charge in [-0.15, -0.1) is 0 Å². The van der Waals surface area contributed by atoms with E-state index in [-0.39, 0.29) is 17.2 Å². The second-order valence-corrected chi connectivity index (χ2v) is 11.2. The third kappa shape index (κ3) is 6.50. The fourth-order valence-electron chi connectivity index (χ4n) is 4.39. The van der Waals surface area contributed by atoms with E-state index in [1.54, 1.807) is 12.1 Å². The van der Waals surface area contributed by atoms with Crippen LogP contribution in [0.25, 0.3) is 0 Å². The van der Waals surface area contributed by atoms with Crippen molar-refractivity contribution in [3.63, 3.8) is 0 Å². The number of nitrogen functional groups attached to an aromatic ring is 1. The number of nitrogens with one attached hydrogen (secondary N) is 2. The molecule has 1 aliphatic carbocycles. The van der Waals surface area contributed by atoms with E-state index >= 15 is 0 Å². The van der Waals surface area contributed by atoms with Crippen molar-refractivity contribution in [2.45, 2.75) is 54.1 Å². The molecule has 11 heteroatoms. The molecule has 0 unspecified atom stereocenters. The number of nitrogens with two attached hydrogens (primary N) is 1. The molecule has 5 N–H and O–H groups in total. The maximum Gasteiger partial charge on any atom is 0.413 e. The standard InChI is InChI=1S/C26H31N3O7S/c27-20-9-6-10-22(16-20)37(32,33)26(12-4-5-13-26)36-28-17-24(30)23(15-19-7-2-1-3-8-19)29-25(31)35-21-11-14-34-18-21/h1-3,6-11,14,16,18,23-24,28,30H,4-5,12-13,15,17,27H2,(H,29,31)/t23-,24+/m0/s1. The van der Waals surface area contributed by atoms with Crippen LogP contribution < -0.4 is 21.3 Å². The van der Waals surface area contributed by atoms with Crippen LogP contribution in [0.3, 0.4) is 0 Å². The Balaban J connectivity index is 1.44. The summed E-state index contributed by atoms with van der Waals surface area (Å²) in [5.41, 5.74) is 9.71. The molecule has 1 amide bonds. The number of amides is 1. The predicted octanol–water partition coefficient (Wildman–Crippen LogP) is 3.19. The normalized spacial score (nSPS) is 16.7. The van der Waals surface area contributed by atoms with E-state index in [4.69, 9.17) is 19.7 Å². The van der Waals surface area contributed by atoms with Gasteiger partial charge in [0.15, 0.2) is 10.7 Å². The van der Waals surface area contributed by atoms with Crippen LogP contribution in [0.5, 0.6) is 5.75 Å². The fourth-order valence-corrected chi connectivity index (χ4v) is 6.36. The molecule has 1 heterocycles. The highest BCUT2D eigenvalue weighted by atomic mass is 32.2. The zero-order valence-corrected chi connectivity index (χ0v) is 21.0. The number of carbonyl (C=O) groups is 1. The summed E-state index contributed by atoms with van der Waals surface area (Å²) in [5.74, 6) is 0.224. The monoisotopic (exact) mass is 529 g/mol. The van der Waals surface area contributed by atoms with Crippen LogP contribution in [-0.2, 0) is 21.1 Å². The first-order chi connectivity index (χ1) is 17.8. The van der Waals surface area contributed by atoms with Gasteiger partial charge in [0.05, 0.1) is 23.3 Å². The molecule has 0 spiro atoms. The zero-order chi connectivity index (χ0) is 26.3. The lowest BCUT2D eigenvalue weighted by Crippen LogP contribution is -2.51. The Kier molecular flexibility index (Phi) is 8.49. The molecule has 0 saturated heterocycles. The number of hydroxylamine groups is 1. The molecular formula is C26H31N3O7S. The first-order valence-corrected chi connectivity index (χ1v) is 13.5. The molecular weight excluding hydrogens is 498 g/mol. The first-order valence-electron chi connectivity index (χ1n) is 12.0. The van der Waals surface area contributed by atoms with Gasteiger partial charge in [0.25, 0.3) is 0 Å². The summed E-state index contributed by atoms with van der Waals surface area (Å²) >= 11 is 0. The van der Waals surface area contributed by atoms with E-state index in [2.05, 4.69) is 10.8 Å². The predicted molar refractivity (Wildman–Crippen MR) is 136 cm³/mol. The summed E-state index contributed by atoms with van der Waals surface area (Å²) in [6, 6.07) is 16.2. The smallest absolute Gasteiger partial charge is 0.413 e. The molecule has 1 aromatic heterocycles. The van der Waals surface area contributed by atoms with E-state index in [9.17, 15) is 18.3 Å². The molecule has 2 atom stereocenters. The number of rotatable bonds is 11. The summed E-state index contributed by atoms with van der Waals surface area (Å²) in [4.78, 5) is 16.9. The van der Waals surface area contributed by atoms with E-state index in [1.165, 1.54) is 30.7 Å². The highest BCUT2D eigenvalue weighted by molar-refractivity contribution is 7.92. The minimum absolute atomic E-state index is 0.0855. The molecule has 1 aliphatic rings. The maximum absolute atomic E-state index is 13.5. The minimum Gasteiger partial charge on any atom is -0.469 e. The van der Waals surface area contributed by atoms with Crippen molar-refractivity contribution in [2.24, 2.45) is 0 Å². The lowest BCUT2D eigenvalue weighted by molar-refractivity contribution is -0.0656. The van der Waals surface area contributed by atoms with Crippen molar-refractivity contribution in [1.29, 1.82) is 0 Å². The van der Waals surface area contributed by atoms with Crippen LogP contribution in [0.1, 0.15) is 31.2 Å². The Labute approximate surface area is 215 Å². The Bertz CT molecular complexity index is 1260. The van der Waals surface area contributed by atoms with Crippen LogP contribution in [0.4, 0.5) is 10.5 Å². The van der Waals surface area contributed by atoms with E-state index in [0.29, 0.717) is 37.8 Å². The Morgan fingerprint density at radius 2 is 1.86 bits per heavy atom. The van der Waals surface area contributed by atoms with Gasteiger partial charge in [-0.2, -0.15) is 5.48 Å².